The third-order valence-electron chi connectivity index (χ3n) is 12.4. The molecular weight excluding hydrogens is 928 g/mol. The third kappa shape index (κ3) is 11.7. The fourth-order valence-corrected chi connectivity index (χ4v) is 8.33. The van der Waals surface area contributed by atoms with Crippen LogP contribution in [0.15, 0.2) is 0 Å². The van der Waals surface area contributed by atoms with Crippen LogP contribution in [0.1, 0.15) is 0 Å². The van der Waals surface area contributed by atoms with Gasteiger partial charge in [-0.3, -0.25) is 0 Å². The Morgan fingerprint density at radius 3 is 0.910 bits per heavy atom. The van der Waals surface area contributed by atoms with Gasteiger partial charge >= 0.3 is 0 Å². The van der Waals surface area contributed by atoms with Gasteiger partial charge in [0.2, 0.25) is 0 Å². The van der Waals surface area contributed by atoms with E-state index in [9.17, 15) is 102 Å². The molecule has 0 aliphatic carbocycles. The minimum absolute atomic E-state index is 0.685. The van der Waals surface area contributed by atoms with Crippen molar-refractivity contribution >= 4 is 0 Å². The van der Waals surface area contributed by atoms with Crippen LogP contribution in [0.5, 0.6) is 0 Å². The molecule has 6 heterocycles. The van der Waals surface area contributed by atoms with Gasteiger partial charge in [-0.2, -0.15) is 0 Å². The summed E-state index contributed by atoms with van der Waals surface area (Å²) >= 11 is 0. The summed E-state index contributed by atoms with van der Waals surface area (Å²) in [6, 6.07) is 0. The van der Waals surface area contributed by atoms with Gasteiger partial charge in [0.05, 0.1) is 39.6 Å². The number of rotatable bonds is 16. The number of hydrogen-bond donors (Lipinski definition) is 20. The molecule has 0 spiro atoms. The topological polar surface area (TPSA) is 506 Å². The minimum atomic E-state index is -2.14. The van der Waals surface area contributed by atoms with E-state index >= 15 is 0 Å². The summed E-state index contributed by atoms with van der Waals surface area (Å²) < 4.78 is 59.3. The molecule has 392 valence electrons. The Kier molecular flexibility index (Phi) is 19.4. The van der Waals surface area contributed by atoms with E-state index < -0.39 is 224 Å². The first-order chi connectivity index (χ1) is 31.6. The monoisotopic (exact) mass is 990 g/mol. The molecule has 0 aromatic carbocycles. The van der Waals surface area contributed by atoms with Crippen molar-refractivity contribution in [3.05, 3.63) is 0 Å². The van der Waals surface area contributed by atoms with Crippen LogP contribution in [0.4, 0.5) is 0 Å². The van der Waals surface area contributed by atoms with E-state index in [0.29, 0.717) is 0 Å². The Bertz CT molecular complexity index is 1500. The molecule has 31 nitrogen and oxygen atoms in total. The van der Waals surface area contributed by atoms with E-state index in [1.807, 2.05) is 0 Å². The molecule has 6 saturated heterocycles. The fourth-order valence-electron chi connectivity index (χ4n) is 8.33. The lowest BCUT2D eigenvalue weighted by Crippen LogP contribution is -2.66. The molecule has 0 bridgehead atoms. The van der Waals surface area contributed by atoms with Gasteiger partial charge in [-0.25, -0.2) is 0 Å². The average Bonchev–Trinajstić information content (AvgIpc) is 3.31. The second-order valence-electron chi connectivity index (χ2n) is 16.9. The van der Waals surface area contributed by atoms with E-state index in [0.717, 1.165) is 0 Å². The van der Waals surface area contributed by atoms with E-state index in [1.165, 1.54) is 0 Å². The van der Waals surface area contributed by atoms with Gasteiger partial charge in [0.1, 0.15) is 146 Å². The Balaban J connectivity index is 0.987. The highest BCUT2D eigenvalue weighted by molar-refractivity contribution is 4.98. The quantitative estimate of drug-likeness (QED) is 0.0683. The predicted molar refractivity (Wildman–Crippen MR) is 199 cm³/mol. The highest BCUT2D eigenvalue weighted by Crippen LogP contribution is 2.34. The molecule has 3 unspecified atom stereocenters. The molecule has 6 rings (SSSR count). The zero-order valence-corrected chi connectivity index (χ0v) is 35.0. The van der Waals surface area contributed by atoms with Crippen molar-refractivity contribution in [3.63, 3.8) is 0 Å². The zero-order valence-electron chi connectivity index (χ0n) is 35.0. The lowest BCUT2D eigenvalue weighted by atomic mass is 9.95. The molecule has 6 aliphatic heterocycles. The molecule has 0 aromatic heterocycles. The molecule has 31 heteroatoms. The van der Waals surface area contributed by atoms with E-state index in [1.54, 1.807) is 0 Å². The highest BCUT2D eigenvalue weighted by atomic mass is 16.8. The number of aliphatic hydroxyl groups excluding tert-OH is 20. The summed E-state index contributed by atoms with van der Waals surface area (Å²) in [6.45, 7) is -4.86. The Morgan fingerprint density at radius 1 is 0.254 bits per heavy atom. The maximum Gasteiger partial charge on any atom is 0.186 e. The molecule has 6 aliphatic rings. The van der Waals surface area contributed by atoms with Crippen LogP contribution in [0.25, 0.3) is 0 Å². The molecule has 0 aromatic rings. The Hall–Kier alpha value is -1.24. The van der Waals surface area contributed by atoms with E-state index in [4.69, 9.17) is 52.1 Å². The van der Waals surface area contributed by atoms with Crippen molar-refractivity contribution in [2.24, 2.45) is 0 Å². The predicted octanol–water partition coefficient (Wildman–Crippen LogP) is -14.1. The fraction of sp³-hybridized carbons (Fsp3) is 1.00. The zero-order chi connectivity index (χ0) is 49.3. The van der Waals surface area contributed by atoms with Crippen LogP contribution < -0.4 is 0 Å². The number of ether oxygens (including phenoxy) is 11. The molecule has 0 saturated carbocycles. The van der Waals surface area contributed by atoms with Gasteiger partial charge in [0, 0.05) is 0 Å². The third-order valence-corrected chi connectivity index (χ3v) is 12.4. The Labute approximate surface area is 378 Å². The smallest absolute Gasteiger partial charge is 0.186 e. The molecule has 20 N–H and O–H groups in total. The number of aliphatic hydroxyl groups is 20. The summed E-state index contributed by atoms with van der Waals surface area (Å²) in [5.41, 5.74) is 0. The first kappa shape index (κ1) is 55.1. The van der Waals surface area contributed by atoms with Gasteiger partial charge in [-0.1, -0.05) is 0 Å². The standard InChI is InChI=1S/C36H62O31/c37-1-7-13(40)18(45)24(51)34(63-7)57-5-11-15(42)19(46)29(32(55)61-11)67-28-9(3-39)65-36(26(53)22(28)49)59-6-12-16(43)20(47)30(33(56)62-12)66-27-8(2-38)64-35(25(52)21(27)48)58-4-10-14(41)17(44)23(50)31(54)60-10/h7-56H,1-6H2/t7-,8-,9-,10-,11-,12-,13-,14-,15-,16-,17+,18+,19+,20+,21-,22-,23-,24-,25-,26-,27-,28-,29-,30-,31?,32?,33?,34+,35+,36+/m1/s1. The minimum Gasteiger partial charge on any atom is -0.394 e. The highest BCUT2D eigenvalue weighted by Gasteiger charge is 2.55. The molecule has 30 atom stereocenters. The van der Waals surface area contributed by atoms with E-state index in [2.05, 4.69) is 0 Å². The van der Waals surface area contributed by atoms with Crippen molar-refractivity contribution in [3.8, 4) is 0 Å². The van der Waals surface area contributed by atoms with Crippen LogP contribution in [0, 0.1) is 0 Å². The number of hydrogen-bond acceptors (Lipinski definition) is 31. The first-order valence-corrected chi connectivity index (χ1v) is 21.1. The van der Waals surface area contributed by atoms with Crippen LogP contribution in [0.2, 0.25) is 0 Å². The van der Waals surface area contributed by atoms with Gasteiger partial charge in [-0.05, 0) is 0 Å². The van der Waals surface area contributed by atoms with Crippen molar-refractivity contribution in [1.82, 2.24) is 0 Å². The molecule has 6 fully saturated rings. The maximum absolute atomic E-state index is 11.0. The second-order valence-corrected chi connectivity index (χ2v) is 16.9. The summed E-state index contributed by atoms with van der Waals surface area (Å²) in [4.78, 5) is 0. The second kappa shape index (κ2) is 23.5. The van der Waals surface area contributed by atoms with Gasteiger partial charge in [0.15, 0.2) is 37.7 Å². The molecular formula is C36H62O31. The van der Waals surface area contributed by atoms with Crippen LogP contribution in [0.3, 0.4) is 0 Å². The summed E-state index contributed by atoms with van der Waals surface area (Å²) in [5.74, 6) is 0. The SMILES string of the molecule is OC[C@H]1O[C@H](OC[C@H]2OC(O)[C@H](O[C@H]3[C@H](O)[C@@H](O)[C@@H](OC[C@H]4OC(O)[C@H](O[C@H]5[C@H](O)[C@@H](O)[C@@H](OC[C@H]6OC(O)[C@H](O)[C@@H](O)[C@@H]6O)O[C@@H]5CO)[C@@H](O)[C@@H]4O)O[C@@H]3CO)[C@@H](O)[C@@H]2O)[C@H](O)[C@@H](O)[C@@H]1O. The largest absolute Gasteiger partial charge is 0.394 e. The summed E-state index contributed by atoms with van der Waals surface area (Å²) in [5, 5.41) is 208. The molecule has 0 radical (unpaired) electrons. The average molecular weight is 991 g/mol. The van der Waals surface area contributed by atoms with E-state index in [-0.39, 0.29) is 0 Å². The van der Waals surface area contributed by atoms with Crippen LogP contribution in [-0.2, 0) is 52.1 Å². The van der Waals surface area contributed by atoms with Crippen LogP contribution in [-0.4, -0.2) is 326 Å². The van der Waals surface area contributed by atoms with Crippen molar-refractivity contribution in [1.29, 1.82) is 0 Å². The van der Waals surface area contributed by atoms with Gasteiger partial charge < -0.3 is 154 Å². The first-order valence-electron chi connectivity index (χ1n) is 21.1. The maximum atomic E-state index is 11.0. The molecule has 0 amide bonds. The van der Waals surface area contributed by atoms with Crippen LogP contribution >= 0.6 is 0 Å². The summed E-state index contributed by atoms with van der Waals surface area (Å²) in [6.07, 6.45) is -54.8. The van der Waals surface area contributed by atoms with Crippen molar-refractivity contribution in [2.45, 2.75) is 184 Å². The Morgan fingerprint density at radius 2 is 0.537 bits per heavy atom. The van der Waals surface area contributed by atoms with Gasteiger partial charge in [-0.15, -0.1) is 0 Å². The van der Waals surface area contributed by atoms with Crippen molar-refractivity contribution in [2.75, 3.05) is 39.6 Å². The normalized spacial score (nSPS) is 53.4. The molecule has 67 heavy (non-hydrogen) atoms. The lowest BCUT2D eigenvalue weighted by Gasteiger charge is -2.47. The lowest BCUT2D eigenvalue weighted by molar-refractivity contribution is -0.365. The van der Waals surface area contributed by atoms with Gasteiger partial charge in [0.25, 0.3) is 0 Å². The summed E-state index contributed by atoms with van der Waals surface area (Å²) in [7, 11) is 0. The van der Waals surface area contributed by atoms with Crippen molar-refractivity contribution < 1.29 is 154 Å².